The molecule has 8 aromatic carbocycles. The van der Waals surface area contributed by atoms with Crippen LogP contribution in [0.2, 0.25) is 0 Å². The number of carbonyl (C=O) groups excluding carboxylic acids is 3. The van der Waals surface area contributed by atoms with Gasteiger partial charge in [0.1, 0.15) is 0 Å². The van der Waals surface area contributed by atoms with Crippen molar-refractivity contribution < 1.29 is 66.1 Å². The summed E-state index contributed by atoms with van der Waals surface area (Å²) in [7, 11) is 0.843. The van der Waals surface area contributed by atoms with Gasteiger partial charge in [-0.2, -0.15) is 13.7 Å². The molecule has 0 aliphatic heterocycles. The van der Waals surface area contributed by atoms with Gasteiger partial charge >= 0.3 is 29.8 Å². The van der Waals surface area contributed by atoms with Crippen molar-refractivity contribution in [2.75, 3.05) is 40.8 Å². The first kappa shape index (κ1) is 93.3. The molecule has 0 saturated heterocycles. The van der Waals surface area contributed by atoms with Crippen molar-refractivity contribution in [2.24, 2.45) is 0 Å². The van der Waals surface area contributed by atoms with Crippen LogP contribution in [0.3, 0.4) is 0 Å². The highest BCUT2D eigenvalue weighted by Crippen LogP contribution is 2.31. The molecular weight excluding hydrogens is 1830 g/mol. The molecule has 3 N–H and O–H groups in total. The summed E-state index contributed by atoms with van der Waals surface area (Å²) in [6.07, 6.45) is 2.60. The minimum absolute atomic E-state index is 0.0373. The summed E-state index contributed by atoms with van der Waals surface area (Å²) in [5.41, 5.74) is 8.30. The topological polar surface area (TPSA) is 241 Å². The van der Waals surface area contributed by atoms with E-state index in [1.807, 2.05) is 223 Å². The van der Waals surface area contributed by atoms with Gasteiger partial charge in [0.05, 0.1) is 71.9 Å². The molecule has 0 aromatic heterocycles. The molecule has 0 aliphatic rings. The number of nitrogens with zero attached hydrogens (tertiary/aromatic N) is 1. The number of ether oxygens (including phenoxy) is 3. The monoisotopic (exact) mass is 1910 g/mol. The molecule has 6 unspecified atom stereocenters. The van der Waals surface area contributed by atoms with E-state index in [9.17, 15) is 32.4 Å². The lowest BCUT2D eigenvalue weighted by molar-refractivity contribution is -0.142. The number of aliphatic carboxylic acids is 2. The Labute approximate surface area is 662 Å². The maximum absolute atomic E-state index is 11.2. The molecular formula is C77H85Br8NO14S. The highest BCUT2D eigenvalue weighted by atomic mass is 79.9. The maximum atomic E-state index is 11.2. The molecule has 0 spiro atoms. The third kappa shape index (κ3) is 39.1. The number of hydrogen-bond acceptors (Lipinski definition) is 13. The normalized spacial score (nSPS) is 11.9. The van der Waals surface area contributed by atoms with E-state index in [1.165, 1.54) is 26.9 Å². The van der Waals surface area contributed by atoms with Crippen molar-refractivity contribution in [1.29, 1.82) is 5.26 Å². The van der Waals surface area contributed by atoms with Gasteiger partial charge in [-0.25, -0.2) is 0 Å². The first-order valence-electron chi connectivity index (χ1n) is 31.2. The number of methoxy groups -OCH3 is 3. The number of carbonyl (C=O) groups is 5. The van der Waals surface area contributed by atoms with E-state index in [4.69, 9.17) is 24.8 Å². The fraction of sp³-hybridized carbons (Fsp3) is 0.299. The van der Waals surface area contributed by atoms with Crippen LogP contribution in [0.25, 0.3) is 0 Å². The SMILES string of the molecule is CC(CC#N)c1ccccc1Br.CC(CC(=O)O)c1ccccc1Br.CC(CO)c1ccccc1Br.CC(COS(C)(=O)=O)c1ccccc1Br.COC(=O)C(C)c1ccccc1Br.COC(=O)CC(C)c1ccccc1Br.COC(=O)Cc1ccccc1Br.O=C(O)Cc1ccccc1Br. The van der Waals surface area contributed by atoms with Crippen LogP contribution >= 0.6 is 127 Å². The Bertz CT molecular complexity index is 3990. The predicted octanol–water partition coefficient (Wildman–Crippen LogP) is 21.6. The van der Waals surface area contributed by atoms with E-state index in [1.54, 1.807) is 6.07 Å². The van der Waals surface area contributed by atoms with E-state index < -0.39 is 22.1 Å². The van der Waals surface area contributed by atoms with Crippen molar-refractivity contribution in [3.63, 3.8) is 0 Å². The molecule has 8 aromatic rings. The molecule has 8 rings (SSSR count). The molecule has 24 heteroatoms. The number of carboxylic acids is 2. The Balaban J connectivity index is 0.000000578. The largest absolute Gasteiger partial charge is 0.481 e. The van der Waals surface area contributed by atoms with Crippen molar-refractivity contribution in [1.82, 2.24) is 0 Å². The first-order valence-corrected chi connectivity index (χ1v) is 39.3. The van der Waals surface area contributed by atoms with Gasteiger partial charge in [0, 0.05) is 60.6 Å². The number of carboxylic acid groups (broad SMARTS) is 2. The number of aliphatic hydroxyl groups is 1. The van der Waals surface area contributed by atoms with Gasteiger partial charge in [-0.1, -0.05) is 308 Å². The molecule has 0 bridgehead atoms. The lowest BCUT2D eigenvalue weighted by atomic mass is 9.98. The Morgan fingerprint density at radius 2 is 0.713 bits per heavy atom. The van der Waals surface area contributed by atoms with Crippen molar-refractivity contribution in [3.05, 3.63) is 274 Å². The van der Waals surface area contributed by atoms with Gasteiger partial charge in [-0.05, 0) is 118 Å². The number of aliphatic hydroxyl groups excluding tert-OH is 1. The van der Waals surface area contributed by atoms with Crippen molar-refractivity contribution in [3.8, 4) is 6.07 Å². The van der Waals surface area contributed by atoms with Gasteiger partial charge in [0.2, 0.25) is 0 Å². The van der Waals surface area contributed by atoms with Crippen LogP contribution in [0.4, 0.5) is 0 Å². The Morgan fingerprint density at radius 1 is 0.406 bits per heavy atom. The van der Waals surface area contributed by atoms with Gasteiger partial charge < -0.3 is 29.5 Å². The number of esters is 3. The summed E-state index contributed by atoms with van der Waals surface area (Å²) < 4.78 is 48.1. The van der Waals surface area contributed by atoms with E-state index >= 15 is 0 Å². The third-order valence-corrected chi connectivity index (χ3v) is 20.8. The minimum Gasteiger partial charge on any atom is -0.481 e. The first-order chi connectivity index (χ1) is 47.8. The van der Waals surface area contributed by atoms with Crippen LogP contribution in [-0.2, 0) is 65.3 Å². The van der Waals surface area contributed by atoms with Gasteiger partial charge in [-0.3, -0.25) is 28.2 Å². The van der Waals surface area contributed by atoms with Crippen molar-refractivity contribution >= 4 is 167 Å². The molecule has 0 heterocycles. The summed E-state index contributed by atoms with van der Waals surface area (Å²) in [5.74, 6) is -1.61. The van der Waals surface area contributed by atoms with Crippen LogP contribution in [0, 0.1) is 11.3 Å². The number of halogens is 8. The van der Waals surface area contributed by atoms with Crippen LogP contribution < -0.4 is 0 Å². The van der Waals surface area contributed by atoms with Crippen LogP contribution in [-0.4, -0.2) is 94.4 Å². The average molecular weight is 1920 g/mol. The second-order valence-corrected chi connectivity index (χ2v) is 30.8. The van der Waals surface area contributed by atoms with Gasteiger partial charge in [0.25, 0.3) is 10.1 Å². The zero-order valence-electron chi connectivity index (χ0n) is 57.6. The van der Waals surface area contributed by atoms with Crippen molar-refractivity contribution in [2.45, 2.75) is 109 Å². The Morgan fingerprint density at radius 3 is 1.02 bits per heavy atom. The third-order valence-electron chi connectivity index (χ3n) is 14.3. The molecule has 6 atom stereocenters. The number of benzene rings is 8. The average Bonchev–Trinajstić information content (AvgIpc) is 0.918. The summed E-state index contributed by atoms with van der Waals surface area (Å²) in [6.45, 7) is 12.1. The Hall–Kier alpha value is -5.69. The minimum atomic E-state index is -3.36. The number of hydrogen-bond donors (Lipinski definition) is 3. The summed E-state index contributed by atoms with van der Waals surface area (Å²) in [5, 5.41) is 34.5. The van der Waals surface area contributed by atoms with E-state index in [-0.39, 0.29) is 73.6 Å². The fourth-order valence-corrected chi connectivity index (χ4v) is 14.0. The molecule has 0 amide bonds. The zero-order valence-corrected chi connectivity index (χ0v) is 71.1. The molecule has 0 aliphatic carbocycles. The van der Waals surface area contributed by atoms with Crippen LogP contribution in [0.1, 0.15) is 141 Å². The number of rotatable bonds is 20. The second-order valence-electron chi connectivity index (χ2n) is 22.3. The molecule has 0 radical (unpaired) electrons. The quantitative estimate of drug-likeness (QED) is 0.0365. The fourth-order valence-electron chi connectivity index (χ4n) is 8.65. The standard InChI is InChI=1S/C11H13BrO2.C10H10BrN.C10H13BrO3S.2C10H11BrO2.C9H9BrO2.C9H11BrO.C8H7BrO2/c1-8(7-11(13)14-2)9-5-3-4-6-10(9)12;1-8(6-7-12)9-4-2-3-5-10(9)11;1-8(7-14-15(2,12)13)9-5-3-4-6-10(9)11;1-7(10(12)13-2)8-5-3-4-6-9(8)11;1-7(6-10(12)13)8-4-2-3-5-9(8)11;1-12-9(11)6-7-4-2-3-5-8(7)10;1-7(6-11)8-4-2-3-5-9(8)10;9-7-4-2-1-3-6(7)5-8(10)11/h3-6,8H,7H2,1-2H3;2-5,8H,6H2,1H3;3-6,8H,7H2,1-2H3;3-7H,1-2H3;2-5,7H,6H2,1H3,(H,12,13);2-5H,6H2,1H3;2-5,7,11H,6H2,1H3;1-4H,5H2,(H,10,11). The van der Waals surface area contributed by atoms with Gasteiger partial charge in [-0.15, -0.1) is 0 Å². The lowest BCUT2D eigenvalue weighted by Crippen LogP contribution is -2.11. The zero-order chi connectivity index (χ0) is 76.2. The molecule has 544 valence electrons. The molecule has 0 saturated carbocycles. The predicted molar refractivity (Wildman–Crippen MR) is 430 cm³/mol. The summed E-state index contributed by atoms with van der Waals surface area (Å²) in [4.78, 5) is 54.0. The highest BCUT2D eigenvalue weighted by Gasteiger charge is 2.19. The second kappa shape index (κ2) is 52.3. The van der Waals surface area contributed by atoms with Gasteiger partial charge in [0.15, 0.2) is 0 Å². The highest BCUT2D eigenvalue weighted by molar-refractivity contribution is 9.11. The number of nitriles is 1. The maximum Gasteiger partial charge on any atom is 0.312 e. The molecule has 15 nitrogen and oxygen atoms in total. The smallest absolute Gasteiger partial charge is 0.312 e. The molecule has 0 fully saturated rings. The van der Waals surface area contributed by atoms with E-state index in [2.05, 4.69) is 155 Å². The summed E-state index contributed by atoms with van der Waals surface area (Å²) in [6, 6.07) is 64.0. The van der Waals surface area contributed by atoms with E-state index in [0.29, 0.717) is 25.2 Å². The van der Waals surface area contributed by atoms with E-state index in [0.717, 1.165) is 81.0 Å². The summed E-state index contributed by atoms with van der Waals surface area (Å²) >= 11 is 27.1. The Kier molecular flexibility index (Phi) is 48.3. The lowest BCUT2D eigenvalue weighted by Gasteiger charge is -2.12. The van der Waals surface area contributed by atoms with Crippen LogP contribution in [0.15, 0.2) is 230 Å². The van der Waals surface area contributed by atoms with Crippen LogP contribution in [0.5, 0.6) is 0 Å². The molecule has 101 heavy (non-hydrogen) atoms.